The van der Waals surface area contributed by atoms with Crippen molar-refractivity contribution in [2.24, 2.45) is 0 Å². The number of aryl methyl sites for hydroxylation is 2. The topological polar surface area (TPSA) is 96.5 Å². The molecule has 2 heterocycles. The van der Waals surface area contributed by atoms with Crippen LogP contribution in [0, 0.1) is 0 Å². The van der Waals surface area contributed by atoms with Gasteiger partial charge in [-0.2, -0.15) is 4.98 Å². The maximum Gasteiger partial charge on any atom is 0.254 e. The monoisotopic (exact) mass is 441 g/mol. The van der Waals surface area contributed by atoms with Crippen molar-refractivity contribution in [3.05, 3.63) is 95.1 Å². The highest BCUT2D eigenvalue weighted by Crippen LogP contribution is 2.33. The van der Waals surface area contributed by atoms with Gasteiger partial charge in [-0.25, -0.2) is 0 Å². The Hall–Kier alpha value is -3.84. The molecule has 1 aliphatic rings. The summed E-state index contributed by atoms with van der Waals surface area (Å²) in [5.74, 6) is 0.723. The van der Waals surface area contributed by atoms with Gasteiger partial charge in [-0.05, 0) is 41.0 Å². The summed E-state index contributed by atoms with van der Waals surface area (Å²) in [4.78, 5) is 30.5. The standard InChI is InChI=1S/C26H23N3O4/c30-16-18-6-8-20-13-21(10-9-19(20)12-18)26(32)29-15-22(31)14-23(29)25-27-24(28-33-25)11-7-17-4-2-1-3-5-17/h1-6,8-10,12-13,16,22-23,31H,7,11,14-15H2/t22-,23+/m1/s1. The molecule has 5 rings (SSSR count). The van der Waals surface area contributed by atoms with E-state index in [0.29, 0.717) is 35.7 Å². The second kappa shape index (κ2) is 8.96. The van der Waals surface area contributed by atoms with Crippen LogP contribution in [-0.2, 0) is 12.8 Å². The largest absolute Gasteiger partial charge is 0.391 e. The average Bonchev–Trinajstić information content (AvgIpc) is 3.48. The SMILES string of the molecule is O=Cc1ccc2cc(C(=O)N3C[C@H](O)C[C@H]3c3nc(CCc4ccccc4)no3)ccc2c1. The number of hydrogen-bond acceptors (Lipinski definition) is 6. The summed E-state index contributed by atoms with van der Waals surface area (Å²) in [6.45, 7) is 0.202. The number of fused-ring (bicyclic) bond motifs is 1. The van der Waals surface area contributed by atoms with Crippen molar-refractivity contribution in [3.63, 3.8) is 0 Å². The molecule has 0 aliphatic carbocycles. The number of carbonyl (C=O) groups is 2. The number of β-amino-alcohol motifs (C(OH)–C–C–N with tert-alkyl or cyclic N) is 1. The summed E-state index contributed by atoms with van der Waals surface area (Å²) in [6, 6.07) is 20.3. The highest BCUT2D eigenvalue weighted by molar-refractivity contribution is 5.99. The van der Waals surface area contributed by atoms with E-state index in [1.54, 1.807) is 29.2 Å². The van der Waals surface area contributed by atoms with Gasteiger partial charge in [0.15, 0.2) is 5.82 Å². The number of hydrogen-bond donors (Lipinski definition) is 1. The molecule has 3 aromatic carbocycles. The molecule has 1 aliphatic heterocycles. The van der Waals surface area contributed by atoms with Crippen molar-refractivity contribution >= 4 is 23.0 Å². The van der Waals surface area contributed by atoms with Gasteiger partial charge in [0, 0.05) is 30.5 Å². The van der Waals surface area contributed by atoms with E-state index < -0.39 is 12.1 Å². The number of benzene rings is 3. The normalized spacial score (nSPS) is 18.0. The number of aliphatic hydroxyl groups excluding tert-OH is 1. The van der Waals surface area contributed by atoms with Crippen LogP contribution in [-0.4, -0.2) is 45.0 Å². The van der Waals surface area contributed by atoms with E-state index in [9.17, 15) is 14.7 Å². The van der Waals surface area contributed by atoms with Crippen molar-refractivity contribution < 1.29 is 19.2 Å². The van der Waals surface area contributed by atoms with E-state index in [4.69, 9.17) is 4.52 Å². The first kappa shape index (κ1) is 21.0. The minimum Gasteiger partial charge on any atom is -0.391 e. The molecular formula is C26H23N3O4. The number of carbonyl (C=O) groups excluding carboxylic acids is 2. The molecule has 1 aromatic heterocycles. The molecular weight excluding hydrogens is 418 g/mol. The number of aromatic nitrogens is 2. The van der Waals surface area contributed by atoms with Crippen LogP contribution in [0.25, 0.3) is 10.8 Å². The quantitative estimate of drug-likeness (QED) is 0.458. The zero-order valence-corrected chi connectivity index (χ0v) is 17.9. The fourth-order valence-corrected chi connectivity index (χ4v) is 4.31. The van der Waals surface area contributed by atoms with Crippen molar-refractivity contribution in [1.82, 2.24) is 15.0 Å². The number of aliphatic hydroxyl groups is 1. The molecule has 0 radical (unpaired) electrons. The number of nitrogens with zero attached hydrogens (tertiary/aromatic N) is 3. The lowest BCUT2D eigenvalue weighted by Gasteiger charge is -2.21. The highest BCUT2D eigenvalue weighted by Gasteiger charge is 2.39. The maximum absolute atomic E-state index is 13.3. The third-order valence-electron chi connectivity index (χ3n) is 6.04. The summed E-state index contributed by atoms with van der Waals surface area (Å²) in [5, 5.41) is 16.1. The second-order valence-corrected chi connectivity index (χ2v) is 8.34. The first-order valence-electron chi connectivity index (χ1n) is 10.9. The molecule has 33 heavy (non-hydrogen) atoms. The first-order chi connectivity index (χ1) is 16.1. The Labute approximate surface area is 190 Å². The van der Waals surface area contributed by atoms with Gasteiger partial charge in [-0.3, -0.25) is 9.59 Å². The van der Waals surface area contributed by atoms with Crippen molar-refractivity contribution in [3.8, 4) is 0 Å². The van der Waals surface area contributed by atoms with Crippen LogP contribution in [0.4, 0.5) is 0 Å². The lowest BCUT2D eigenvalue weighted by molar-refractivity contribution is 0.0693. The molecule has 0 saturated carbocycles. The van der Waals surface area contributed by atoms with Gasteiger partial charge in [-0.15, -0.1) is 0 Å². The molecule has 7 nitrogen and oxygen atoms in total. The molecule has 2 atom stereocenters. The van der Waals surface area contributed by atoms with Gasteiger partial charge < -0.3 is 14.5 Å². The number of aldehydes is 1. The molecule has 1 saturated heterocycles. The van der Waals surface area contributed by atoms with E-state index >= 15 is 0 Å². The summed E-state index contributed by atoms with van der Waals surface area (Å²) in [7, 11) is 0. The number of amides is 1. The van der Waals surface area contributed by atoms with Gasteiger partial charge in [0.2, 0.25) is 5.89 Å². The second-order valence-electron chi connectivity index (χ2n) is 8.34. The van der Waals surface area contributed by atoms with Crippen molar-refractivity contribution in [2.45, 2.75) is 31.4 Å². The summed E-state index contributed by atoms with van der Waals surface area (Å²) < 4.78 is 5.50. The summed E-state index contributed by atoms with van der Waals surface area (Å²) in [6.07, 6.45) is 1.91. The molecule has 166 valence electrons. The predicted molar refractivity (Wildman–Crippen MR) is 122 cm³/mol. The van der Waals surface area contributed by atoms with Crippen LogP contribution >= 0.6 is 0 Å². The van der Waals surface area contributed by atoms with E-state index in [0.717, 1.165) is 23.5 Å². The molecule has 4 aromatic rings. The fourth-order valence-electron chi connectivity index (χ4n) is 4.31. The van der Waals surface area contributed by atoms with Crippen LogP contribution in [0.2, 0.25) is 0 Å². The molecule has 7 heteroatoms. The van der Waals surface area contributed by atoms with Crippen LogP contribution in [0.15, 0.2) is 71.3 Å². The zero-order chi connectivity index (χ0) is 22.8. The number of likely N-dealkylation sites (tertiary alicyclic amines) is 1. The molecule has 1 fully saturated rings. The minimum atomic E-state index is -0.658. The van der Waals surface area contributed by atoms with Crippen molar-refractivity contribution in [2.75, 3.05) is 6.54 Å². The van der Waals surface area contributed by atoms with Crippen molar-refractivity contribution in [1.29, 1.82) is 0 Å². The Morgan fingerprint density at radius 1 is 1.06 bits per heavy atom. The Bertz CT molecular complexity index is 1300. The summed E-state index contributed by atoms with van der Waals surface area (Å²) in [5.41, 5.74) is 2.28. The van der Waals surface area contributed by atoms with E-state index in [1.807, 2.05) is 30.3 Å². The van der Waals surface area contributed by atoms with Crippen LogP contribution in [0.1, 0.15) is 50.5 Å². The minimum absolute atomic E-state index is 0.202. The number of rotatable bonds is 6. The van der Waals surface area contributed by atoms with Crippen LogP contribution in [0.3, 0.4) is 0 Å². The van der Waals surface area contributed by atoms with E-state index in [2.05, 4.69) is 22.3 Å². The third kappa shape index (κ3) is 4.40. The van der Waals surface area contributed by atoms with Gasteiger partial charge >= 0.3 is 0 Å². The fraction of sp³-hybridized carbons (Fsp3) is 0.231. The van der Waals surface area contributed by atoms with Crippen LogP contribution < -0.4 is 0 Å². The van der Waals surface area contributed by atoms with Crippen LogP contribution in [0.5, 0.6) is 0 Å². The lowest BCUT2D eigenvalue weighted by Crippen LogP contribution is -2.32. The molecule has 1 amide bonds. The first-order valence-corrected chi connectivity index (χ1v) is 10.9. The molecule has 0 unspecified atom stereocenters. The Balaban J connectivity index is 1.35. The molecule has 0 spiro atoms. The smallest absolute Gasteiger partial charge is 0.254 e. The predicted octanol–water partition coefficient (Wildman–Crippen LogP) is 3.77. The molecule has 1 N–H and O–H groups in total. The van der Waals surface area contributed by atoms with E-state index in [-0.39, 0.29) is 12.5 Å². The lowest BCUT2D eigenvalue weighted by atomic mass is 10.0. The zero-order valence-electron chi connectivity index (χ0n) is 17.9. The Morgan fingerprint density at radius 3 is 2.67 bits per heavy atom. The Kier molecular flexibility index (Phi) is 5.71. The van der Waals surface area contributed by atoms with E-state index in [1.165, 1.54) is 5.56 Å². The van der Waals surface area contributed by atoms with Gasteiger partial charge in [0.05, 0.1) is 6.10 Å². The van der Waals surface area contributed by atoms with Gasteiger partial charge in [-0.1, -0.05) is 53.7 Å². The van der Waals surface area contributed by atoms with Gasteiger partial charge in [0.1, 0.15) is 12.3 Å². The maximum atomic E-state index is 13.3. The molecule has 0 bridgehead atoms. The Morgan fingerprint density at radius 2 is 1.85 bits per heavy atom. The highest BCUT2D eigenvalue weighted by atomic mass is 16.5. The third-order valence-corrected chi connectivity index (χ3v) is 6.04. The summed E-state index contributed by atoms with van der Waals surface area (Å²) >= 11 is 0. The average molecular weight is 441 g/mol. The van der Waals surface area contributed by atoms with Gasteiger partial charge in [0.25, 0.3) is 5.91 Å².